The highest BCUT2D eigenvalue weighted by Crippen LogP contribution is 2.30. The van der Waals surface area contributed by atoms with E-state index >= 15 is 4.39 Å². The van der Waals surface area contributed by atoms with E-state index in [1.807, 2.05) is 4.90 Å². The molecule has 2 saturated heterocycles. The number of hydrogen-bond donors (Lipinski definition) is 1. The van der Waals surface area contributed by atoms with Crippen LogP contribution in [0.1, 0.15) is 6.92 Å². The zero-order chi connectivity index (χ0) is 24.7. The van der Waals surface area contributed by atoms with Crippen LogP contribution < -0.4 is 20.0 Å². The summed E-state index contributed by atoms with van der Waals surface area (Å²) in [5.74, 6) is -2.81. The number of anilines is 3. The van der Waals surface area contributed by atoms with Gasteiger partial charge >= 0.3 is 6.09 Å². The smallest absolute Gasteiger partial charge is 0.414 e. The minimum Gasteiger partial charge on any atom is -0.442 e. The molecule has 35 heavy (non-hydrogen) atoms. The van der Waals surface area contributed by atoms with Gasteiger partial charge in [0.15, 0.2) is 11.4 Å². The third-order valence-electron chi connectivity index (χ3n) is 6.03. The molecule has 0 radical (unpaired) electrons. The largest absolute Gasteiger partial charge is 0.442 e. The first-order valence-electron chi connectivity index (χ1n) is 11.1. The van der Waals surface area contributed by atoms with Crippen LogP contribution in [0.15, 0.2) is 34.7 Å². The number of piperazine rings is 1. The van der Waals surface area contributed by atoms with E-state index in [-0.39, 0.29) is 36.1 Å². The lowest BCUT2D eigenvalue weighted by atomic mass is 10.2. The van der Waals surface area contributed by atoms with Gasteiger partial charge in [0, 0.05) is 33.1 Å². The Bertz CT molecular complexity index is 1290. The molecule has 0 saturated carbocycles. The number of nitrogens with zero attached hydrogens (tertiary/aromatic N) is 4. The van der Waals surface area contributed by atoms with Gasteiger partial charge < -0.3 is 24.3 Å². The van der Waals surface area contributed by atoms with Crippen molar-refractivity contribution in [3.63, 3.8) is 0 Å². The molecular formula is C23H22F3N5O4. The average molecular weight is 489 g/mol. The third kappa shape index (κ3) is 4.43. The molecule has 1 N–H and O–H groups in total. The highest BCUT2D eigenvalue weighted by atomic mass is 19.2. The summed E-state index contributed by atoms with van der Waals surface area (Å²) in [7, 11) is 0. The summed E-state index contributed by atoms with van der Waals surface area (Å²) in [6, 6.07) is 7.06. The second kappa shape index (κ2) is 9.01. The van der Waals surface area contributed by atoms with Gasteiger partial charge in [-0.25, -0.2) is 13.6 Å². The molecule has 2 amide bonds. The van der Waals surface area contributed by atoms with Crippen molar-refractivity contribution in [3.05, 3.63) is 47.8 Å². The molecule has 12 heteroatoms. The van der Waals surface area contributed by atoms with Crippen molar-refractivity contribution in [2.24, 2.45) is 0 Å². The lowest BCUT2D eigenvalue weighted by molar-refractivity contribution is -0.119. The number of hydrogen-bond acceptors (Lipinski definition) is 7. The van der Waals surface area contributed by atoms with Gasteiger partial charge in [-0.15, -0.1) is 0 Å². The molecule has 3 aromatic rings. The van der Waals surface area contributed by atoms with E-state index in [0.717, 1.165) is 6.07 Å². The van der Waals surface area contributed by atoms with Crippen LogP contribution in [0.4, 0.5) is 35.4 Å². The number of aromatic nitrogens is 1. The van der Waals surface area contributed by atoms with E-state index in [1.165, 1.54) is 24.0 Å². The van der Waals surface area contributed by atoms with Gasteiger partial charge in [-0.3, -0.25) is 9.69 Å². The van der Waals surface area contributed by atoms with Crippen molar-refractivity contribution in [1.29, 1.82) is 0 Å². The minimum absolute atomic E-state index is 0.182. The van der Waals surface area contributed by atoms with E-state index in [1.54, 1.807) is 17.0 Å². The van der Waals surface area contributed by atoms with Crippen molar-refractivity contribution in [2.45, 2.75) is 13.0 Å². The van der Waals surface area contributed by atoms with Gasteiger partial charge in [0.1, 0.15) is 17.4 Å². The highest BCUT2D eigenvalue weighted by molar-refractivity contribution is 5.90. The van der Waals surface area contributed by atoms with Gasteiger partial charge in [-0.1, -0.05) is 0 Å². The Morgan fingerprint density at radius 3 is 2.54 bits per heavy atom. The molecule has 184 valence electrons. The monoisotopic (exact) mass is 489 g/mol. The molecule has 5 rings (SSSR count). The first-order chi connectivity index (χ1) is 16.8. The molecule has 2 aliphatic heterocycles. The third-order valence-corrected chi connectivity index (χ3v) is 6.03. The topological polar surface area (TPSA) is 91.2 Å². The SMILES string of the molecule is CC(=O)NCC1CN(c2ccc(N3CCN(c4nc5ccc(F)c(F)c5o4)CC3)c(F)c2)C(=O)O1. The van der Waals surface area contributed by atoms with Crippen molar-refractivity contribution in [1.82, 2.24) is 10.3 Å². The zero-order valence-corrected chi connectivity index (χ0v) is 18.8. The minimum atomic E-state index is -1.08. The van der Waals surface area contributed by atoms with Crippen molar-refractivity contribution in [2.75, 3.05) is 54.0 Å². The maximum Gasteiger partial charge on any atom is 0.414 e. The molecule has 3 heterocycles. The number of benzene rings is 2. The molecule has 2 fully saturated rings. The first-order valence-corrected chi connectivity index (χ1v) is 11.1. The van der Waals surface area contributed by atoms with Gasteiger partial charge in [0.25, 0.3) is 6.01 Å². The Balaban J connectivity index is 1.24. The summed E-state index contributed by atoms with van der Waals surface area (Å²) in [5.41, 5.74) is 0.730. The molecule has 2 aromatic carbocycles. The number of carbonyl (C=O) groups is 2. The maximum absolute atomic E-state index is 15.0. The zero-order valence-electron chi connectivity index (χ0n) is 18.8. The number of nitrogens with one attached hydrogen (secondary N) is 1. The van der Waals surface area contributed by atoms with Crippen LogP contribution >= 0.6 is 0 Å². The first kappa shape index (κ1) is 22.8. The number of carbonyl (C=O) groups excluding carboxylic acids is 2. The van der Waals surface area contributed by atoms with E-state index in [9.17, 15) is 18.4 Å². The number of fused-ring (bicyclic) bond motifs is 1. The van der Waals surface area contributed by atoms with Crippen LogP contribution in [0.25, 0.3) is 11.1 Å². The Hall–Kier alpha value is -3.96. The second-order valence-corrected chi connectivity index (χ2v) is 8.37. The standard InChI is InChI=1S/C23H22F3N5O4/c1-13(32)27-11-15-12-31(23(33)34-15)14-2-5-19(17(25)10-14)29-6-8-30(9-7-29)22-28-18-4-3-16(24)20(26)21(18)35-22/h2-5,10,15H,6-9,11-12H2,1H3,(H,27,32). The number of rotatable bonds is 5. The van der Waals surface area contributed by atoms with Crippen LogP contribution in [0.2, 0.25) is 0 Å². The quantitative estimate of drug-likeness (QED) is 0.589. The molecule has 9 nitrogen and oxygen atoms in total. The summed E-state index contributed by atoms with van der Waals surface area (Å²) in [4.78, 5) is 32.5. The second-order valence-electron chi connectivity index (χ2n) is 8.37. The maximum atomic E-state index is 15.0. The van der Waals surface area contributed by atoms with E-state index in [4.69, 9.17) is 9.15 Å². The molecule has 2 aliphatic rings. The highest BCUT2D eigenvalue weighted by Gasteiger charge is 2.33. The fourth-order valence-electron chi connectivity index (χ4n) is 4.21. The van der Waals surface area contributed by atoms with Gasteiger partial charge in [0.05, 0.1) is 24.5 Å². The van der Waals surface area contributed by atoms with Crippen LogP contribution in [0.5, 0.6) is 0 Å². The fraction of sp³-hybridized carbons (Fsp3) is 0.348. The molecule has 1 unspecified atom stereocenters. The summed E-state index contributed by atoms with van der Waals surface area (Å²) >= 11 is 0. The number of halogens is 3. The lowest BCUT2D eigenvalue weighted by Crippen LogP contribution is -2.47. The Morgan fingerprint density at radius 2 is 1.83 bits per heavy atom. The number of amides is 2. The van der Waals surface area contributed by atoms with Crippen molar-refractivity contribution in [3.8, 4) is 0 Å². The molecular weight excluding hydrogens is 467 g/mol. The summed E-state index contributed by atoms with van der Waals surface area (Å²) < 4.78 is 53.1. The lowest BCUT2D eigenvalue weighted by Gasteiger charge is -2.35. The molecule has 0 bridgehead atoms. The normalized spacial score (nSPS) is 18.3. The fourth-order valence-corrected chi connectivity index (χ4v) is 4.21. The van der Waals surface area contributed by atoms with E-state index < -0.39 is 29.6 Å². The van der Waals surface area contributed by atoms with Crippen LogP contribution in [0, 0.1) is 17.5 Å². The van der Waals surface area contributed by atoms with Gasteiger partial charge in [-0.2, -0.15) is 9.37 Å². The van der Waals surface area contributed by atoms with Crippen LogP contribution in [-0.4, -0.2) is 62.4 Å². The molecule has 0 spiro atoms. The number of oxazole rings is 1. The van der Waals surface area contributed by atoms with Gasteiger partial charge in [0.2, 0.25) is 11.7 Å². The molecule has 1 aromatic heterocycles. The molecule has 0 aliphatic carbocycles. The van der Waals surface area contributed by atoms with Crippen LogP contribution in [0.3, 0.4) is 0 Å². The number of ether oxygens (including phenoxy) is 1. The van der Waals surface area contributed by atoms with Crippen LogP contribution in [-0.2, 0) is 9.53 Å². The summed E-state index contributed by atoms with van der Waals surface area (Å²) in [6.45, 7) is 3.50. The van der Waals surface area contributed by atoms with Crippen molar-refractivity contribution < 1.29 is 31.9 Å². The Kier molecular flexibility index (Phi) is 5.87. The predicted molar refractivity (Wildman–Crippen MR) is 121 cm³/mol. The van der Waals surface area contributed by atoms with E-state index in [0.29, 0.717) is 37.6 Å². The molecule has 1 atom stereocenters. The average Bonchev–Trinajstić information content (AvgIpc) is 3.44. The van der Waals surface area contributed by atoms with Crippen molar-refractivity contribution >= 4 is 40.5 Å². The Morgan fingerprint density at radius 1 is 1.09 bits per heavy atom. The Labute approximate surface area is 198 Å². The number of cyclic esters (lactones) is 1. The summed E-state index contributed by atoms with van der Waals surface area (Å²) in [6.07, 6.45) is -1.12. The van der Waals surface area contributed by atoms with Gasteiger partial charge in [-0.05, 0) is 30.3 Å². The van der Waals surface area contributed by atoms with E-state index in [2.05, 4.69) is 10.3 Å². The summed E-state index contributed by atoms with van der Waals surface area (Å²) in [5, 5.41) is 2.60. The predicted octanol–water partition coefficient (Wildman–Crippen LogP) is 3.03.